The first-order valence-corrected chi connectivity index (χ1v) is 4.46. The standard InChI is InChI=1S/C9H16NO2/c1-3-12-9(11)8-5-4-6-10(2)7-8/h8H,2-7H2,1H3/q-1. The van der Waals surface area contributed by atoms with Crippen LogP contribution >= 0.6 is 0 Å². The molecule has 3 heteroatoms. The second-order valence-electron chi connectivity index (χ2n) is 3.17. The summed E-state index contributed by atoms with van der Waals surface area (Å²) >= 11 is 0. The zero-order valence-corrected chi connectivity index (χ0v) is 7.58. The van der Waals surface area contributed by atoms with E-state index in [1.54, 1.807) is 0 Å². The van der Waals surface area contributed by atoms with Crippen LogP contribution in [0, 0.1) is 13.0 Å². The highest BCUT2D eigenvalue weighted by molar-refractivity contribution is 5.72. The van der Waals surface area contributed by atoms with E-state index in [9.17, 15) is 4.79 Å². The molecule has 0 aliphatic carbocycles. The molecule has 0 N–H and O–H groups in total. The monoisotopic (exact) mass is 170 g/mol. The van der Waals surface area contributed by atoms with Crippen LogP contribution in [-0.2, 0) is 9.53 Å². The van der Waals surface area contributed by atoms with Crippen molar-refractivity contribution >= 4 is 5.97 Å². The van der Waals surface area contributed by atoms with Gasteiger partial charge in [-0.25, -0.2) is 0 Å². The number of esters is 1. The normalized spacial score (nSPS) is 25.3. The summed E-state index contributed by atoms with van der Waals surface area (Å²) < 4.78 is 4.94. The van der Waals surface area contributed by atoms with E-state index in [2.05, 4.69) is 7.05 Å². The largest absolute Gasteiger partial charge is 0.466 e. The average Bonchev–Trinajstić information content (AvgIpc) is 2.05. The fraction of sp³-hybridized carbons (Fsp3) is 0.778. The maximum Gasteiger partial charge on any atom is 0.310 e. The molecule has 1 unspecified atom stereocenters. The fourth-order valence-electron chi connectivity index (χ4n) is 1.51. The molecule has 1 heterocycles. The van der Waals surface area contributed by atoms with Gasteiger partial charge in [0.15, 0.2) is 0 Å². The lowest BCUT2D eigenvalue weighted by atomic mass is 9.99. The predicted molar refractivity (Wildman–Crippen MR) is 46.3 cm³/mol. The minimum absolute atomic E-state index is 0.0520. The van der Waals surface area contributed by atoms with Gasteiger partial charge in [0, 0.05) is 0 Å². The fourth-order valence-corrected chi connectivity index (χ4v) is 1.51. The summed E-state index contributed by atoms with van der Waals surface area (Å²) in [6, 6.07) is 0. The van der Waals surface area contributed by atoms with E-state index in [0.717, 1.165) is 25.9 Å². The van der Waals surface area contributed by atoms with Crippen LogP contribution in [0.3, 0.4) is 0 Å². The Morgan fingerprint density at radius 1 is 1.75 bits per heavy atom. The summed E-state index contributed by atoms with van der Waals surface area (Å²) in [6.45, 7) is 4.06. The second-order valence-corrected chi connectivity index (χ2v) is 3.17. The Morgan fingerprint density at radius 2 is 2.50 bits per heavy atom. The van der Waals surface area contributed by atoms with Crippen LogP contribution in [0.15, 0.2) is 0 Å². The number of likely N-dealkylation sites (tertiary alicyclic amines) is 1. The quantitative estimate of drug-likeness (QED) is 0.458. The van der Waals surface area contributed by atoms with E-state index in [-0.39, 0.29) is 11.9 Å². The van der Waals surface area contributed by atoms with Gasteiger partial charge in [0.2, 0.25) is 0 Å². The lowest BCUT2D eigenvalue weighted by Crippen LogP contribution is -2.35. The number of hydrogen-bond acceptors (Lipinski definition) is 3. The molecular formula is C9H16NO2-. The number of carbonyl (C=O) groups is 1. The molecule has 1 aliphatic heterocycles. The van der Waals surface area contributed by atoms with Gasteiger partial charge in [0.05, 0.1) is 12.5 Å². The molecule has 1 fully saturated rings. The molecule has 0 amide bonds. The molecule has 1 saturated heterocycles. The summed E-state index contributed by atoms with van der Waals surface area (Å²) in [5.41, 5.74) is 0. The molecule has 0 radical (unpaired) electrons. The van der Waals surface area contributed by atoms with Crippen molar-refractivity contribution in [2.45, 2.75) is 19.8 Å². The SMILES string of the molecule is [CH2-]N1CCCC(C(=O)OCC)C1. The van der Waals surface area contributed by atoms with Crippen molar-refractivity contribution < 1.29 is 9.53 Å². The van der Waals surface area contributed by atoms with E-state index >= 15 is 0 Å². The highest BCUT2D eigenvalue weighted by Crippen LogP contribution is 2.16. The molecule has 0 saturated carbocycles. The minimum atomic E-state index is -0.0640. The number of piperidine rings is 1. The number of rotatable bonds is 2. The van der Waals surface area contributed by atoms with Crippen molar-refractivity contribution in [3.05, 3.63) is 7.05 Å². The molecule has 3 nitrogen and oxygen atoms in total. The first kappa shape index (κ1) is 9.52. The molecule has 12 heavy (non-hydrogen) atoms. The zero-order chi connectivity index (χ0) is 8.97. The van der Waals surface area contributed by atoms with Gasteiger partial charge in [0.25, 0.3) is 0 Å². The van der Waals surface area contributed by atoms with Gasteiger partial charge in [-0.3, -0.25) is 11.8 Å². The molecule has 1 rings (SSSR count). The molecule has 0 aromatic rings. The van der Waals surface area contributed by atoms with E-state index in [1.807, 2.05) is 11.8 Å². The summed E-state index contributed by atoms with van der Waals surface area (Å²) in [4.78, 5) is 13.2. The number of ether oxygens (including phenoxy) is 1. The number of hydrogen-bond donors (Lipinski definition) is 0. The van der Waals surface area contributed by atoms with Crippen LogP contribution in [-0.4, -0.2) is 30.6 Å². The number of carbonyl (C=O) groups excluding carboxylic acids is 1. The van der Waals surface area contributed by atoms with Crippen LogP contribution in [0.25, 0.3) is 0 Å². The lowest BCUT2D eigenvalue weighted by Gasteiger charge is -2.33. The van der Waals surface area contributed by atoms with Crippen LogP contribution in [0.4, 0.5) is 0 Å². The van der Waals surface area contributed by atoms with Crippen molar-refractivity contribution in [2.24, 2.45) is 5.92 Å². The summed E-state index contributed by atoms with van der Waals surface area (Å²) in [7, 11) is 3.82. The Balaban J connectivity index is 2.35. The third-order valence-electron chi connectivity index (χ3n) is 2.13. The van der Waals surface area contributed by atoms with Crippen molar-refractivity contribution in [2.75, 3.05) is 19.7 Å². The van der Waals surface area contributed by atoms with Gasteiger partial charge in [-0.1, -0.05) is 0 Å². The van der Waals surface area contributed by atoms with Gasteiger partial charge in [-0.2, -0.15) is 0 Å². The van der Waals surface area contributed by atoms with Gasteiger partial charge >= 0.3 is 5.97 Å². The molecular weight excluding hydrogens is 154 g/mol. The van der Waals surface area contributed by atoms with Crippen LogP contribution in [0.2, 0.25) is 0 Å². The minimum Gasteiger partial charge on any atom is -0.466 e. The van der Waals surface area contributed by atoms with Crippen LogP contribution in [0.1, 0.15) is 19.8 Å². The van der Waals surface area contributed by atoms with E-state index < -0.39 is 0 Å². The Hall–Kier alpha value is -0.570. The summed E-state index contributed by atoms with van der Waals surface area (Å²) in [5, 5.41) is 0. The Kier molecular flexibility index (Phi) is 3.53. The maximum atomic E-state index is 11.3. The first-order chi connectivity index (χ1) is 5.74. The third kappa shape index (κ3) is 2.48. The van der Waals surface area contributed by atoms with Gasteiger partial charge in [-0.05, 0) is 32.9 Å². The molecule has 0 bridgehead atoms. The predicted octanol–water partition coefficient (Wildman–Crippen LogP) is 1.05. The van der Waals surface area contributed by atoms with Crippen molar-refractivity contribution in [3.63, 3.8) is 0 Å². The third-order valence-corrected chi connectivity index (χ3v) is 2.13. The summed E-state index contributed by atoms with van der Waals surface area (Å²) in [5.74, 6) is -0.0120. The van der Waals surface area contributed by atoms with Gasteiger partial charge in [0.1, 0.15) is 0 Å². The highest BCUT2D eigenvalue weighted by atomic mass is 16.5. The maximum absolute atomic E-state index is 11.3. The van der Waals surface area contributed by atoms with Crippen molar-refractivity contribution in [1.29, 1.82) is 0 Å². The summed E-state index contributed by atoms with van der Waals surface area (Å²) in [6.07, 6.45) is 2.00. The molecule has 0 spiro atoms. The molecule has 1 aliphatic rings. The smallest absolute Gasteiger partial charge is 0.310 e. The van der Waals surface area contributed by atoms with Crippen molar-refractivity contribution in [3.8, 4) is 0 Å². The zero-order valence-electron chi connectivity index (χ0n) is 7.58. The Labute approximate surface area is 73.7 Å². The number of nitrogens with zero attached hydrogens (tertiary/aromatic N) is 1. The topological polar surface area (TPSA) is 29.5 Å². The van der Waals surface area contributed by atoms with Gasteiger partial charge in [-0.15, -0.1) is 0 Å². The van der Waals surface area contributed by atoms with E-state index in [1.165, 1.54) is 0 Å². The van der Waals surface area contributed by atoms with Crippen LogP contribution in [0.5, 0.6) is 0 Å². The van der Waals surface area contributed by atoms with E-state index in [0.29, 0.717) is 6.61 Å². The molecule has 1 atom stereocenters. The average molecular weight is 170 g/mol. The lowest BCUT2D eigenvalue weighted by molar-refractivity contribution is -0.149. The molecule has 0 aromatic carbocycles. The van der Waals surface area contributed by atoms with Crippen LogP contribution < -0.4 is 0 Å². The van der Waals surface area contributed by atoms with Gasteiger partial charge < -0.3 is 9.64 Å². The highest BCUT2D eigenvalue weighted by Gasteiger charge is 2.22. The first-order valence-electron chi connectivity index (χ1n) is 4.46. The molecule has 70 valence electrons. The molecule has 0 aromatic heterocycles. The van der Waals surface area contributed by atoms with Crippen molar-refractivity contribution in [1.82, 2.24) is 4.90 Å². The Bertz CT molecular complexity index is 159. The Morgan fingerprint density at radius 3 is 3.08 bits per heavy atom. The second kappa shape index (κ2) is 4.45. The van der Waals surface area contributed by atoms with E-state index in [4.69, 9.17) is 4.74 Å².